The van der Waals surface area contributed by atoms with Gasteiger partial charge in [0.1, 0.15) is 0 Å². The number of Topliss-reactive ketones (excluding diaryl/α,β-unsaturated/α-hetero) is 1. The number of carbonyl (C=O) groups is 1. The lowest BCUT2D eigenvalue weighted by molar-refractivity contribution is -0.111. The van der Waals surface area contributed by atoms with Crippen LogP contribution in [-0.4, -0.2) is 5.78 Å². The molecule has 0 atom stereocenters. The first-order valence-electron chi connectivity index (χ1n) is 7.72. The van der Waals surface area contributed by atoms with Crippen LogP contribution in [0.25, 0.3) is 17.2 Å². The molecule has 4 rings (SSSR count). The molecule has 0 saturated heterocycles. The quantitative estimate of drug-likeness (QED) is 0.755. The Kier molecular flexibility index (Phi) is 3.02. The maximum absolute atomic E-state index is 13.0. The van der Waals surface area contributed by atoms with E-state index >= 15 is 0 Å². The number of rotatable bonds is 2. The van der Waals surface area contributed by atoms with Crippen LogP contribution in [0.4, 0.5) is 0 Å². The van der Waals surface area contributed by atoms with Crippen LogP contribution in [0.3, 0.4) is 0 Å². The molecule has 0 aliphatic heterocycles. The number of hydrogen-bond donors (Lipinski definition) is 0. The van der Waals surface area contributed by atoms with Gasteiger partial charge in [-0.1, -0.05) is 67.3 Å². The minimum Gasteiger partial charge on any atom is -0.289 e. The highest BCUT2D eigenvalue weighted by atomic mass is 16.1. The molecule has 0 spiro atoms. The van der Waals surface area contributed by atoms with Gasteiger partial charge in [0, 0.05) is 11.1 Å². The summed E-state index contributed by atoms with van der Waals surface area (Å²) in [6, 6.07) is 18.3. The summed E-state index contributed by atoms with van der Waals surface area (Å²) in [5.74, 6) is 0.0654. The SMILES string of the molecule is C=CC1=C(c2ccccc2)C(C)=C2C(=Cc3ccccc32)C1=O. The van der Waals surface area contributed by atoms with Gasteiger partial charge in [-0.2, -0.15) is 0 Å². The van der Waals surface area contributed by atoms with E-state index in [1.54, 1.807) is 6.08 Å². The van der Waals surface area contributed by atoms with E-state index in [0.29, 0.717) is 5.57 Å². The Morgan fingerprint density at radius 2 is 1.61 bits per heavy atom. The average Bonchev–Trinajstić information content (AvgIpc) is 2.98. The van der Waals surface area contributed by atoms with Gasteiger partial charge in [-0.25, -0.2) is 0 Å². The van der Waals surface area contributed by atoms with E-state index < -0.39 is 0 Å². The number of hydrogen-bond acceptors (Lipinski definition) is 1. The molecule has 0 radical (unpaired) electrons. The summed E-state index contributed by atoms with van der Waals surface area (Å²) < 4.78 is 0. The van der Waals surface area contributed by atoms with Crippen molar-refractivity contribution in [2.75, 3.05) is 0 Å². The maximum Gasteiger partial charge on any atom is 0.194 e. The summed E-state index contributed by atoms with van der Waals surface area (Å²) in [6.07, 6.45) is 3.69. The highest BCUT2D eigenvalue weighted by molar-refractivity contribution is 6.32. The molecule has 1 heteroatoms. The summed E-state index contributed by atoms with van der Waals surface area (Å²) in [5.41, 5.74) is 8.00. The molecule has 0 bridgehead atoms. The van der Waals surface area contributed by atoms with Crippen LogP contribution in [0.5, 0.6) is 0 Å². The van der Waals surface area contributed by atoms with Crippen molar-refractivity contribution < 1.29 is 4.79 Å². The van der Waals surface area contributed by atoms with Crippen molar-refractivity contribution in [1.29, 1.82) is 0 Å². The maximum atomic E-state index is 13.0. The zero-order valence-corrected chi connectivity index (χ0v) is 13.0. The number of carbonyl (C=O) groups excluding carboxylic acids is 1. The van der Waals surface area contributed by atoms with E-state index in [4.69, 9.17) is 0 Å². The fourth-order valence-corrected chi connectivity index (χ4v) is 3.56. The number of allylic oxidation sites excluding steroid dienone is 6. The molecule has 2 aliphatic rings. The number of ketones is 1. The van der Waals surface area contributed by atoms with Crippen molar-refractivity contribution in [1.82, 2.24) is 0 Å². The molecule has 0 N–H and O–H groups in total. The standard InChI is InChI=1S/C22H16O/c1-3-17-20(15-9-5-4-6-10-15)14(2)21-18-12-8-7-11-16(18)13-19(21)22(17)23/h3-13H,1H2,2H3. The van der Waals surface area contributed by atoms with Crippen LogP contribution < -0.4 is 0 Å². The zero-order chi connectivity index (χ0) is 16.0. The molecule has 1 nitrogen and oxygen atoms in total. The Bertz CT molecular complexity index is 937. The summed E-state index contributed by atoms with van der Waals surface area (Å²) in [6.45, 7) is 5.98. The van der Waals surface area contributed by atoms with E-state index in [2.05, 4.69) is 25.6 Å². The Hall–Kier alpha value is -2.93. The van der Waals surface area contributed by atoms with Crippen molar-refractivity contribution in [2.45, 2.75) is 6.92 Å². The number of fused-ring (bicyclic) bond motifs is 3. The van der Waals surface area contributed by atoms with Crippen LogP contribution in [0.1, 0.15) is 23.6 Å². The molecule has 110 valence electrons. The summed E-state index contributed by atoms with van der Waals surface area (Å²) in [7, 11) is 0. The van der Waals surface area contributed by atoms with Gasteiger partial charge in [-0.05, 0) is 46.4 Å². The molecule has 0 saturated carbocycles. The monoisotopic (exact) mass is 296 g/mol. The van der Waals surface area contributed by atoms with E-state index in [9.17, 15) is 4.79 Å². The van der Waals surface area contributed by atoms with Gasteiger partial charge < -0.3 is 0 Å². The summed E-state index contributed by atoms with van der Waals surface area (Å²) in [5, 5.41) is 0. The molecule has 2 aliphatic carbocycles. The second kappa shape index (κ2) is 5.06. The highest BCUT2D eigenvalue weighted by Crippen LogP contribution is 2.47. The largest absolute Gasteiger partial charge is 0.289 e. The molecular formula is C22H16O. The van der Waals surface area contributed by atoms with Gasteiger partial charge in [-0.15, -0.1) is 0 Å². The van der Waals surface area contributed by atoms with Gasteiger partial charge in [-0.3, -0.25) is 4.79 Å². The Labute approximate surface area is 136 Å². The normalized spacial score (nSPS) is 16.2. The Morgan fingerprint density at radius 1 is 0.913 bits per heavy atom. The van der Waals surface area contributed by atoms with Crippen LogP contribution >= 0.6 is 0 Å². The first-order valence-corrected chi connectivity index (χ1v) is 7.72. The molecular weight excluding hydrogens is 280 g/mol. The molecule has 23 heavy (non-hydrogen) atoms. The van der Waals surface area contributed by atoms with Gasteiger partial charge in [0.15, 0.2) is 5.78 Å². The smallest absolute Gasteiger partial charge is 0.194 e. The fourth-order valence-electron chi connectivity index (χ4n) is 3.56. The van der Waals surface area contributed by atoms with E-state index in [-0.39, 0.29) is 5.78 Å². The number of benzene rings is 2. The van der Waals surface area contributed by atoms with Crippen molar-refractivity contribution in [2.24, 2.45) is 0 Å². The molecule has 2 aromatic carbocycles. The van der Waals surface area contributed by atoms with Crippen molar-refractivity contribution in [3.63, 3.8) is 0 Å². The molecule has 0 aromatic heterocycles. The first-order chi connectivity index (χ1) is 11.2. The summed E-state index contributed by atoms with van der Waals surface area (Å²) in [4.78, 5) is 13.0. The zero-order valence-electron chi connectivity index (χ0n) is 13.0. The van der Waals surface area contributed by atoms with Crippen molar-refractivity contribution in [3.8, 4) is 0 Å². The molecule has 0 fully saturated rings. The lowest BCUT2D eigenvalue weighted by atomic mass is 9.79. The Morgan fingerprint density at radius 3 is 2.35 bits per heavy atom. The second-order valence-corrected chi connectivity index (χ2v) is 5.83. The summed E-state index contributed by atoms with van der Waals surface area (Å²) >= 11 is 0. The van der Waals surface area contributed by atoms with Crippen LogP contribution in [-0.2, 0) is 4.79 Å². The predicted molar refractivity (Wildman–Crippen MR) is 95.6 cm³/mol. The van der Waals surface area contributed by atoms with E-state index in [1.165, 1.54) is 0 Å². The highest BCUT2D eigenvalue weighted by Gasteiger charge is 2.33. The molecule has 0 heterocycles. The third-order valence-corrected chi connectivity index (χ3v) is 4.57. The topological polar surface area (TPSA) is 17.1 Å². The minimum atomic E-state index is 0.0654. The lowest BCUT2D eigenvalue weighted by Crippen LogP contribution is -2.14. The van der Waals surface area contributed by atoms with Crippen molar-refractivity contribution in [3.05, 3.63) is 101 Å². The third kappa shape index (κ3) is 1.90. The predicted octanol–water partition coefficient (Wildman–Crippen LogP) is 5.08. The van der Waals surface area contributed by atoms with Gasteiger partial charge in [0.05, 0.1) is 0 Å². The van der Waals surface area contributed by atoms with Crippen LogP contribution in [0.15, 0.2) is 84.0 Å². The van der Waals surface area contributed by atoms with E-state index in [0.717, 1.165) is 39.0 Å². The van der Waals surface area contributed by atoms with Gasteiger partial charge >= 0.3 is 0 Å². The van der Waals surface area contributed by atoms with E-state index in [1.807, 2.05) is 48.5 Å². The lowest BCUT2D eigenvalue weighted by Gasteiger charge is -2.23. The minimum absolute atomic E-state index is 0.0654. The Balaban J connectivity index is 2.05. The average molecular weight is 296 g/mol. The molecule has 0 unspecified atom stereocenters. The molecule has 0 amide bonds. The van der Waals surface area contributed by atoms with Crippen LogP contribution in [0, 0.1) is 0 Å². The van der Waals surface area contributed by atoms with Crippen LogP contribution in [0.2, 0.25) is 0 Å². The fraction of sp³-hybridized carbons (Fsp3) is 0.0455. The first kappa shape index (κ1) is 13.7. The third-order valence-electron chi connectivity index (χ3n) is 4.57. The molecule has 2 aromatic rings. The van der Waals surface area contributed by atoms with Gasteiger partial charge in [0.2, 0.25) is 0 Å². The second-order valence-electron chi connectivity index (χ2n) is 5.83. The van der Waals surface area contributed by atoms with Gasteiger partial charge in [0.25, 0.3) is 0 Å². The van der Waals surface area contributed by atoms with Crippen molar-refractivity contribution >= 4 is 23.0 Å².